The number of hydrogen-bond donors (Lipinski definition) is 1. The molecule has 0 saturated carbocycles. The van der Waals surface area contributed by atoms with E-state index in [2.05, 4.69) is 15.5 Å². The zero-order valence-corrected chi connectivity index (χ0v) is 9.83. The van der Waals surface area contributed by atoms with Gasteiger partial charge in [-0.25, -0.2) is 0 Å². The van der Waals surface area contributed by atoms with Crippen LogP contribution in [0.5, 0.6) is 0 Å². The van der Waals surface area contributed by atoms with Gasteiger partial charge in [0.2, 0.25) is 0 Å². The number of nitrogens with one attached hydrogen (secondary N) is 1. The Kier molecular flexibility index (Phi) is 3.47. The molecule has 0 aliphatic rings. The van der Waals surface area contributed by atoms with Crippen molar-refractivity contribution in [1.29, 1.82) is 0 Å². The first-order valence-electron chi connectivity index (χ1n) is 5.38. The fourth-order valence-electron chi connectivity index (χ4n) is 1.39. The van der Waals surface area contributed by atoms with E-state index in [1.165, 1.54) is 10.6 Å². The molecule has 1 amide bonds. The fourth-order valence-corrected chi connectivity index (χ4v) is 1.39. The van der Waals surface area contributed by atoms with Gasteiger partial charge in [0, 0.05) is 31.1 Å². The third kappa shape index (κ3) is 2.79. The first-order valence-corrected chi connectivity index (χ1v) is 5.38. The molecule has 6 nitrogen and oxygen atoms in total. The molecular formula is C12H12N4O2. The van der Waals surface area contributed by atoms with Gasteiger partial charge in [-0.1, -0.05) is 0 Å². The maximum Gasteiger partial charge on any atom is 0.251 e. The Labute approximate surface area is 103 Å². The first kappa shape index (κ1) is 12.0. The van der Waals surface area contributed by atoms with Crippen LogP contribution in [-0.4, -0.2) is 20.7 Å². The van der Waals surface area contributed by atoms with Crippen LogP contribution in [0.3, 0.4) is 0 Å². The summed E-state index contributed by atoms with van der Waals surface area (Å²) < 4.78 is 1.40. The first-order chi connectivity index (χ1) is 8.66. The highest BCUT2D eigenvalue weighted by molar-refractivity contribution is 5.93. The van der Waals surface area contributed by atoms with Crippen LogP contribution in [-0.2, 0) is 13.6 Å². The second kappa shape index (κ2) is 5.22. The molecular weight excluding hydrogens is 232 g/mol. The molecule has 2 rings (SSSR count). The molecule has 0 fully saturated rings. The molecule has 0 spiro atoms. The van der Waals surface area contributed by atoms with Crippen molar-refractivity contribution in [1.82, 2.24) is 20.1 Å². The van der Waals surface area contributed by atoms with Crippen molar-refractivity contribution in [2.45, 2.75) is 6.54 Å². The minimum Gasteiger partial charge on any atom is -0.346 e. The zero-order valence-electron chi connectivity index (χ0n) is 9.83. The van der Waals surface area contributed by atoms with Gasteiger partial charge in [0.1, 0.15) is 0 Å². The second-order valence-electron chi connectivity index (χ2n) is 3.76. The van der Waals surface area contributed by atoms with Crippen molar-refractivity contribution in [2.24, 2.45) is 7.05 Å². The van der Waals surface area contributed by atoms with Crippen molar-refractivity contribution in [3.63, 3.8) is 0 Å². The summed E-state index contributed by atoms with van der Waals surface area (Å²) in [6, 6.07) is 6.39. The summed E-state index contributed by atoms with van der Waals surface area (Å²) in [4.78, 5) is 23.2. The second-order valence-corrected chi connectivity index (χ2v) is 3.76. The maximum atomic E-state index is 11.8. The number of amides is 1. The van der Waals surface area contributed by atoms with Crippen molar-refractivity contribution < 1.29 is 4.79 Å². The molecule has 2 aromatic rings. The summed E-state index contributed by atoms with van der Waals surface area (Å²) in [7, 11) is 1.63. The van der Waals surface area contributed by atoms with Gasteiger partial charge in [-0.05, 0) is 18.2 Å². The Morgan fingerprint density at radius 1 is 1.44 bits per heavy atom. The van der Waals surface area contributed by atoms with Crippen molar-refractivity contribution in [2.75, 3.05) is 0 Å². The van der Waals surface area contributed by atoms with Crippen LogP contribution >= 0.6 is 0 Å². The van der Waals surface area contributed by atoms with E-state index in [-0.39, 0.29) is 18.0 Å². The lowest BCUT2D eigenvalue weighted by atomic mass is 10.2. The normalized spacial score (nSPS) is 10.1. The lowest BCUT2D eigenvalue weighted by Crippen LogP contribution is -2.26. The Morgan fingerprint density at radius 3 is 2.94 bits per heavy atom. The van der Waals surface area contributed by atoms with Gasteiger partial charge in [-0.3, -0.25) is 9.59 Å². The van der Waals surface area contributed by atoms with Crippen LogP contribution in [0.1, 0.15) is 16.1 Å². The highest BCUT2D eigenvalue weighted by Crippen LogP contribution is 1.96. The van der Waals surface area contributed by atoms with E-state index in [0.717, 1.165) is 0 Å². The SMILES string of the molecule is Cn1ccc(C(=O)NCc2cccnn2)cc1=O. The molecule has 2 aromatic heterocycles. The Morgan fingerprint density at radius 2 is 2.28 bits per heavy atom. The van der Waals surface area contributed by atoms with Crippen LogP contribution in [0, 0.1) is 0 Å². The number of rotatable bonds is 3. The van der Waals surface area contributed by atoms with E-state index in [1.807, 2.05) is 0 Å². The number of pyridine rings is 1. The third-order valence-corrected chi connectivity index (χ3v) is 2.42. The smallest absolute Gasteiger partial charge is 0.251 e. The summed E-state index contributed by atoms with van der Waals surface area (Å²) in [5.74, 6) is -0.307. The number of aromatic nitrogens is 3. The number of hydrogen-bond acceptors (Lipinski definition) is 4. The highest BCUT2D eigenvalue weighted by Gasteiger charge is 2.06. The average molecular weight is 244 g/mol. The molecule has 0 aliphatic carbocycles. The standard InChI is InChI=1S/C12H12N4O2/c1-16-6-4-9(7-11(16)17)12(18)13-8-10-3-2-5-14-15-10/h2-7H,8H2,1H3,(H,13,18). The Hall–Kier alpha value is -2.50. The molecule has 0 unspecified atom stereocenters. The van der Waals surface area contributed by atoms with E-state index < -0.39 is 0 Å². The number of carbonyl (C=O) groups excluding carboxylic acids is 1. The summed E-state index contributed by atoms with van der Waals surface area (Å²) >= 11 is 0. The molecule has 0 atom stereocenters. The molecule has 0 bridgehead atoms. The molecule has 1 N–H and O–H groups in total. The van der Waals surface area contributed by atoms with Crippen molar-refractivity contribution in [3.05, 3.63) is 58.3 Å². The largest absolute Gasteiger partial charge is 0.346 e. The molecule has 0 saturated heterocycles. The van der Waals surface area contributed by atoms with Gasteiger partial charge in [-0.15, -0.1) is 0 Å². The average Bonchev–Trinajstić information content (AvgIpc) is 2.40. The molecule has 0 aliphatic heterocycles. The van der Waals surface area contributed by atoms with Crippen LogP contribution < -0.4 is 10.9 Å². The van der Waals surface area contributed by atoms with Gasteiger partial charge in [0.25, 0.3) is 11.5 Å². The zero-order chi connectivity index (χ0) is 13.0. The molecule has 6 heteroatoms. The molecule has 0 aromatic carbocycles. The topological polar surface area (TPSA) is 76.9 Å². The predicted molar refractivity (Wildman–Crippen MR) is 64.9 cm³/mol. The third-order valence-electron chi connectivity index (χ3n) is 2.42. The summed E-state index contributed by atoms with van der Waals surface area (Å²) in [6.07, 6.45) is 3.12. The quantitative estimate of drug-likeness (QED) is 0.831. The summed E-state index contributed by atoms with van der Waals surface area (Å²) in [6.45, 7) is 0.280. The van der Waals surface area contributed by atoms with E-state index in [1.54, 1.807) is 37.6 Å². The van der Waals surface area contributed by atoms with Gasteiger partial charge >= 0.3 is 0 Å². The number of aryl methyl sites for hydroxylation is 1. The van der Waals surface area contributed by atoms with E-state index in [4.69, 9.17) is 0 Å². The predicted octanol–water partition coefficient (Wildman–Crippen LogP) is 0.105. The minimum absolute atomic E-state index is 0.220. The Balaban J connectivity index is 2.04. The van der Waals surface area contributed by atoms with E-state index >= 15 is 0 Å². The van der Waals surface area contributed by atoms with Crippen LogP contribution in [0.2, 0.25) is 0 Å². The lowest BCUT2D eigenvalue weighted by Gasteiger charge is -2.04. The molecule has 0 radical (unpaired) electrons. The van der Waals surface area contributed by atoms with Gasteiger partial charge in [-0.2, -0.15) is 10.2 Å². The molecule has 2 heterocycles. The molecule has 18 heavy (non-hydrogen) atoms. The van der Waals surface area contributed by atoms with E-state index in [0.29, 0.717) is 11.3 Å². The van der Waals surface area contributed by atoms with Crippen molar-refractivity contribution in [3.8, 4) is 0 Å². The monoisotopic (exact) mass is 244 g/mol. The summed E-state index contributed by atoms with van der Waals surface area (Å²) in [5, 5.41) is 10.2. The maximum absolute atomic E-state index is 11.8. The van der Waals surface area contributed by atoms with Crippen molar-refractivity contribution >= 4 is 5.91 Å². The van der Waals surface area contributed by atoms with Gasteiger partial charge in [0.15, 0.2) is 0 Å². The van der Waals surface area contributed by atoms with Crippen LogP contribution in [0.15, 0.2) is 41.5 Å². The fraction of sp³-hybridized carbons (Fsp3) is 0.167. The van der Waals surface area contributed by atoms with Crippen LogP contribution in [0.4, 0.5) is 0 Å². The van der Waals surface area contributed by atoms with Gasteiger partial charge in [0.05, 0.1) is 12.2 Å². The van der Waals surface area contributed by atoms with E-state index in [9.17, 15) is 9.59 Å². The number of carbonyl (C=O) groups is 1. The lowest BCUT2D eigenvalue weighted by molar-refractivity contribution is 0.0950. The van der Waals surface area contributed by atoms with Gasteiger partial charge < -0.3 is 9.88 Å². The molecule has 92 valence electrons. The highest BCUT2D eigenvalue weighted by atomic mass is 16.2. The Bertz CT molecular complexity index is 607. The minimum atomic E-state index is -0.307. The number of nitrogens with zero attached hydrogens (tertiary/aromatic N) is 3. The summed E-state index contributed by atoms with van der Waals surface area (Å²) in [5.41, 5.74) is 0.777. The van der Waals surface area contributed by atoms with Crippen LogP contribution in [0.25, 0.3) is 0 Å².